The van der Waals surface area contributed by atoms with Crippen LogP contribution in [0.1, 0.15) is 47.3 Å². The lowest BCUT2D eigenvalue weighted by Gasteiger charge is -2.20. The summed E-state index contributed by atoms with van der Waals surface area (Å²) >= 11 is 0. The van der Waals surface area contributed by atoms with E-state index in [1.54, 1.807) is 12.1 Å². The summed E-state index contributed by atoms with van der Waals surface area (Å²) in [5.74, 6) is -2.23. The quantitative estimate of drug-likeness (QED) is 0.894. The van der Waals surface area contributed by atoms with E-state index in [4.69, 9.17) is 5.11 Å². The molecule has 7 nitrogen and oxygen atoms in total. The molecule has 0 atom stereocenters. The van der Waals surface area contributed by atoms with Crippen LogP contribution in [0.15, 0.2) is 24.3 Å². The maximum Gasteiger partial charge on any atom is 0.358 e. The first-order valence-electron chi connectivity index (χ1n) is 6.25. The highest BCUT2D eigenvalue weighted by atomic mass is 16.4. The van der Waals surface area contributed by atoms with Crippen molar-refractivity contribution >= 4 is 11.9 Å². The minimum atomic E-state index is -1.17. The molecule has 21 heavy (non-hydrogen) atoms. The first-order chi connectivity index (χ1) is 9.71. The van der Waals surface area contributed by atoms with Crippen LogP contribution in [-0.2, 0) is 5.41 Å². The molecule has 0 unspecified atom stereocenters. The van der Waals surface area contributed by atoms with Crippen LogP contribution in [0.4, 0.5) is 0 Å². The minimum Gasteiger partial charge on any atom is -0.478 e. The SMILES string of the molecule is CC(C)(C)c1c(C(=O)O)nnn1-c1cccc(C(=O)O)c1. The van der Waals surface area contributed by atoms with E-state index in [0.717, 1.165) is 0 Å². The van der Waals surface area contributed by atoms with Gasteiger partial charge >= 0.3 is 11.9 Å². The summed E-state index contributed by atoms with van der Waals surface area (Å²) in [4.78, 5) is 22.3. The van der Waals surface area contributed by atoms with Crippen molar-refractivity contribution in [3.05, 3.63) is 41.2 Å². The molecule has 2 rings (SSSR count). The van der Waals surface area contributed by atoms with Gasteiger partial charge in [-0.15, -0.1) is 5.10 Å². The lowest BCUT2D eigenvalue weighted by Crippen LogP contribution is -2.21. The van der Waals surface area contributed by atoms with Crippen molar-refractivity contribution in [1.82, 2.24) is 15.0 Å². The Labute approximate surface area is 120 Å². The fraction of sp³-hybridized carbons (Fsp3) is 0.286. The van der Waals surface area contributed by atoms with Crippen LogP contribution in [0, 0.1) is 0 Å². The molecule has 0 spiro atoms. The van der Waals surface area contributed by atoms with Crippen LogP contribution in [0.5, 0.6) is 0 Å². The highest BCUT2D eigenvalue weighted by Crippen LogP contribution is 2.27. The fourth-order valence-corrected chi connectivity index (χ4v) is 2.05. The molecule has 1 aromatic carbocycles. The zero-order valence-corrected chi connectivity index (χ0v) is 11.9. The molecule has 0 fully saturated rings. The molecule has 0 aliphatic carbocycles. The fourth-order valence-electron chi connectivity index (χ4n) is 2.05. The summed E-state index contributed by atoms with van der Waals surface area (Å²) in [5.41, 5.74) is 0.316. The van der Waals surface area contributed by atoms with Crippen molar-refractivity contribution in [1.29, 1.82) is 0 Å². The standard InChI is InChI=1S/C14H15N3O4/c1-14(2,3)11-10(13(20)21)15-16-17(11)9-6-4-5-8(7-9)12(18)19/h4-7H,1-3H3,(H,18,19)(H,20,21). The Kier molecular flexibility index (Phi) is 3.51. The zero-order chi connectivity index (χ0) is 15.8. The average molecular weight is 289 g/mol. The Bertz CT molecular complexity index is 713. The Hall–Kier alpha value is -2.70. The third-order valence-corrected chi connectivity index (χ3v) is 2.92. The average Bonchev–Trinajstić information content (AvgIpc) is 2.83. The lowest BCUT2D eigenvalue weighted by atomic mass is 9.90. The Morgan fingerprint density at radius 1 is 1.14 bits per heavy atom. The number of benzene rings is 1. The summed E-state index contributed by atoms with van der Waals surface area (Å²) in [5, 5.41) is 25.8. The van der Waals surface area contributed by atoms with Crippen LogP contribution in [0.3, 0.4) is 0 Å². The number of carbonyl (C=O) groups is 2. The molecule has 2 aromatic rings. The van der Waals surface area contributed by atoms with Gasteiger partial charge < -0.3 is 10.2 Å². The summed E-state index contributed by atoms with van der Waals surface area (Å²) in [6.45, 7) is 5.53. The molecule has 0 saturated heterocycles. The van der Waals surface area contributed by atoms with E-state index >= 15 is 0 Å². The summed E-state index contributed by atoms with van der Waals surface area (Å²) in [6, 6.07) is 6.12. The third-order valence-electron chi connectivity index (χ3n) is 2.92. The molecule has 0 radical (unpaired) electrons. The van der Waals surface area contributed by atoms with Crippen molar-refractivity contribution in [3.63, 3.8) is 0 Å². The predicted octanol–water partition coefficient (Wildman–Crippen LogP) is 1.96. The third kappa shape index (κ3) is 2.76. The summed E-state index contributed by atoms with van der Waals surface area (Å²) in [7, 11) is 0. The van der Waals surface area contributed by atoms with Gasteiger partial charge in [0.25, 0.3) is 0 Å². The van der Waals surface area contributed by atoms with Crippen LogP contribution >= 0.6 is 0 Å². The molecule has 0 saturated carbocycles. The normalized spacial score (nSPS) is 11.4. The van der Waals surface area contributed by atoms with Gasteiger partial charge in [0.2, 0.25) is 0 Å². The second kappa shape index (κ2) is 5.01. The number of carboxylic acid groups (broad SMARTS) is 2. The smallest absolute Gasteiger partial charge is 0.358 e. The van der Waals surface area contributed by atoms with E-state index in [-0.39, 0.29) is 11.3 Å². The number of nitrogens with zero attached hydrogens (tertiary/aromatic N) is 3. The van der Waals surface area contributed by atoms with Crippen LogP contribution in [0.2, 0.25) is 0 Å². The van der Waals surface area contributed by atoms with Gasteiger partial charge in [-0.05, 0) is 18.2 Å². The molecule has 0 aliphatic rings. The van der Waals surface area contributed by atoms with Gasteiger partial charge in [0.05, 0.1) is 16.9 Å². The highest BCUT2D eigenvalue weighted by Gasteiger charge is 2.29. The number of carboxylic acids is 2. The molecule has 1 aromatic heterocycles. The first kappa shape index (κ1) is 14.7. The number of hydrogen-bond acceptors (Lipinski definition) is 4. The van der Waals surface area contributed by atoms with Crippen molar-refractivity contribution in [2.45, 2.75) is 26.2 Å². The maximum atomic E-state index is 11.3. The Balaban J connectivity index is 2.67. The Morgan fingerprint density at radius 2 is 1.81 bits per heavy atom. The number of rotatable bonds is 3. The van der Waals surface area contributed by atoms with Crippen LogP contribution in [-0.4, -0.2) is 37.1 Å². The van der Waals surface area contributed by atoms with Crippen molar-refractivity contribution < 1.29 is 19.8 Å². The van der Waals surface area contributed by atoms with Crippen molar-refractivity contribution in [3.8, 4) is 5.69 Å². The molecule has 110 valence electrons. The molecular weight excluding hydrogens is 274 g/mol. The molecule has 0 aliphatic heterocycles. The van der Waals surface area contributed by atoms with Gasteiger partial charge in [-0.1, -0.05) is 32.1 Å². The van der Waals surface area contributed by atoms with Crippen LogP contribution < -0.4 is 0 Å². The highest BCUT2D eigenvalue weighted by molar-refractivity contribution is 5.89. The van der Waals surface area contributed by atoms with Crippen molar-refractivity contribution in [2.24, 2.45) is 0 Å². The molecular formula is C14H15N3O4. The lowest BCUT2D eigenvalue weighted by molar-refractivity contribution is 0.0680. The summed E-state index contributed by atoms with van der Waals surface area (Å²) < 4.78 is 1.37. The van der Waals surface area contributed by atoms with Crippen molar-refractivity contribution in [2.75, 3.05) is 0 Å². The van der Waals surface area contributed by atoms with E-state index in [9.17, 15) is 14.7 Å². The molecule has 0 amide bonds. The molecule has 1 heterocycles. The predicted molar refractivity (Wildman–Crippen MR) is 74.0 cm³/mol. The van der Waals surface area contributed by atoms with Gasteiger partial charge in [-0.3, -0.25) is 0 Å². The van der Waals surface area contributed by atoms with Gasteiger partial charge in [-0.25, -0.2) is 14.3 Å². The minimum absolute atomic E-state index is 0.0970. The molecule has 0 bridgehead atoms. The number of hydrogen-bond donors (Lipinski definition) is 2. The van der Waals surface area contributed by atoms with E-state index in [0.29, 0.717) is 11.4 Å². The maximum absolute atomic E-state index is 11.3. The number of aromatic nitrogens is 3. The molecule has 7 heteroatoms. The monoisotopic (exact) mass is 289 g/mol. The van der Waals surface area contributed by atoms with E-state index in [1.165, 1.54) is 16.8 Å². The van der Waals surface area contributed by atoms with E-state index in [1.807, 2.05) is 20.8 Å². The van der Waals surface area contributed by atoms with Gasteiger partial charge in [0.15, 0.2) is 5.69 Å². The number of aromatic carboxylic acids is 2. The van der Waals surface area contributed by atoms with Gasteiger partial charge in [-0.2, -0.15) is 0 Å². The first-order valence-corrected chi connectivity index (χ1v) is 6.25. The van der Waals surface area contributed by atoms with Gasteiger partial charge in [0, 0.05) is 5.41 Å². The topological polar surface area (TPSA) is 105 Å². The molecule has 2 N–H and O–H groups in total. The zero-order valence-electron chi connectivity index (χ0n) is 11.9. The largest absolute Gasteiger partial charge is 0.478 e. The summed E-state index contributed by atoms with van der Waals surface area (Å²) in [6.07, 6.45) is 0. The van der Waals surface area contributed by atoms with Gasteiger partial charge in [0.1, 0.15) is 0 Å². The van der Waals surface area contributed by atoms with E-state index < -0.39 is 17.4 Å². The van der Waals surface area contributed by atoms with Crippen LogP contribution in [0.25, 0.3) is 5.69 Å². The second-order valence-electron chi connectivity index (χ2n) is 5.61. The second-order valence-corrected chi connectivity index (χ2v) is 5.61. The van der Waals surface area contributed by atoms with E-state index in [2.05, 4.69) is 10.3 Å². The Morgan fingerprint density at radius 3 is 2.33 bits per heavy atom.